The van der Waals surface area contributed by atoms with Gasteiger partial charge in [-0.1, -0.05) is 0 Å². The van der Waals surface area contributed by atoms with Gasteiger partial charge in [0.05, 0.1) is 10.0 Å². The predicted molar refractivity (Wildman–Crippen MR) is 50.5 cm³/mol. The number of rotatable bonds is 3. The Morgan fingerprint density at radius 1 is 1.62 bits per heavy atom. The van der Waals surface area contributed by atoms with Crippen molar-refractivity contribution in [2.24, 2.45) is 0 Å². The van der Waals surface area contributed by atoms with Crippen LogP contribution in [0.3, 0.4) is 0 Å². The molecule has 0 bridgehead atoms. The van der Waals surface area contributed by atoms with E-state index in [1.165, 1.54) is 0 Å². The standard InChI is InChI=1S/C7H3BrF2N2O4/c8-4-2(5(9)10)1-11-6(12(15)16)3(4)7(13)14/h1,5H,(H,13,14). The number of halogens is 3. The van der Waals surface area contributed by atoms with E-state index in [1.807, 2.05) is 0 Å². The first-order valence-electron chi connectivity index (χ1n) is 3.70. The fourth-order valence-corrected chi connectivity index (χ4v) is 1.60. The summed E-state index contributed by atoms with van der Waals surface area (Å²) in [4.78, 5) is 23.2. The molecule has 16 heavy (non-hydrogen) atoms. The third-order valence-corrected chi connectivity index (χ3v) is 2.50. The topological polar surface area (TPSA) is 93.3 Å². The lowest BCUT2D eigenvalue weighted by Gasteiger charge is -2.04. The van der Waals surface area contributed by atoms with E-state index in [0.29, 0.717) is 6.20 Å². The molecule has 1 aromatic rings. The van der Waals surface area contributed by atoms with E-state index in [2.05, 4.69) is 20.9 Å². The zero-order chi connectivity index (χ0) is 12.5. The second-order valence-corrected chi connectivity index (χ2v) is 3.38. The van der Waals surface area contributed by atoms with Gasteiger partial charge in [0.2, 0.25) is 0 Å². The number of nitro groups is 1. The molecule has 0 aliphatic carbocycles. The highest BCUT2D eigenvalue weighted by Gasteiger charge is 2.29. The molecule has 1 aromatic heterocycles. The van der Waals surface area contributed by atoms with E-state index in [1.54, 1.807) is 0 Å². The van der Waals surface area contributed by atoms with Crippen LogP contribution in [0.2, 0.25) is 0 Å². The average molecular weight is 297 g/mol. The number of alkyl halides is 2. The number of aromatic nitrogens is 1. The maximum absolute atomic E-state index is 12.4. The number of carbonyl (C=O) groups is 1. The van der Waals surface area contributed by atoms with E-state index < -0.39 is 38.7 Å². The summed E-state index contributed by atoms with van der Waals surface area (Å²) in [5.41, 5.74) is -1.59. The Kier molecular flexibility index (Phi) is 3.48. The van der Waals surface area contributed by atoms with Crippen LogP contribution in [0, 0.1) is 10.1 Å². The van der Waals surface area contributed by atoms with Crippen molar-refractivity contribution in [1.82, 2.24) is 4.98 Å². The van der Waals surface area contributed by atoms with Crippen molar-refractivity contribution in [3.63, 3.8) is 0 Å². The van der Waals surface area contributed by atoms with Gasteiger partial charge in [0.1, 0.15) is 0 Å². The first kappa shape index (κ1) is 12.4. The van der Waals surface area contributed by atoms with E-state index in [0.717, 1.165) is 0 Å². The highest BCUT2D eigenvalue weighted by atomic mass is 79.9. The molecule has 1 heterocycles. The normalized spacial score (nSPS) is 10.5. The Morgan fingerprint density at radius 3 is 2.56 bits per heavy atom. The first-order chi connectivity index (χ1) is 7.36. The van der Waals surface area contributed by atoms with Crippen LogP contribution in [-0.2, 0) is 0 Å². The number of pyridine rings is 1. The lowest BCUT2D eigenvalue weighted by molar-refractivity contribution is -0.390. The molecule has 0 aromatic carbocycles. The van der Waals surface area contributed by atoms with Gasteiger partial charge in [-0.15, -0.1) is 0 Å². The maximum Gasteiger partial charge on any atom is 0.379 e. The van der Waals surface area contributed by atoms with Gasteiger partial charge < -0.3 is 15.2 Å². The third kappa shape index (κ3) is 2.13. The van der Waals surface area contributed by atoms with Crippen LogP contribution >= 0.6 is 15.9 Å². The molecule has 86 valence electrons. The van der Waals surface area contributed by atoms with E-state index in [9.17, 15) is 23.7 Å². The zero-order valence-electron chi connectivity index (χ0n) is 7.35. The van der Waals surface area contributed by atoms with Crippen LogP contribution in [0.5, 0.6) is 0 Å². The summed E-state index contributed by atoms with van der Waals surface area (Å²) in [5, 5.41) is 19.1. The van der Waals surface area contributed by atoms with Gasteiger partial charge in [-0.2, -0.15) is 0 Å². The Balaban J connectivity index is 3.54. The molecule has 0 aliphatic rings. The molecule has 0 spiro atoms. The second kappa shape index (κ2) is 4.47. The molecule has 0 fully saturated rings. The van der Waals surface area contributed by atoms with Crippen LogP contribution in [0.15, 0.2) is 10.7 Å². The highest BCUT2D eigenvalue weighted by Crippen LogP contribution is 2.33. The molecule has 1 rings (SSSR count). The summed E-state index contributed by atoms with van der Waals surface area (Å²) in [6, 6.07) is 0. The van der Waals surface area contributed by atoms with E-state index >= 15 is 0 Å². The van der Waals surface area contributed by atoms with Gasteiger partial charge >= 0.3 is 11.8 Å². The number of nitrogens with zero attached hydrogens (tertiary/aromatic N) is 2. The molecular formula is C7H3BrF2N2O4. The Morgan fingerprint density at radius 2 is 2.19 bits per heavy atom. The van der Waals surface area contributed by atoms with Gasteiger partial charge in [-0.05, 0) is 25.8 Å². The Hall–Kier alpha value is -1.64. The summed E-state index contributed by atoms with van der Waals surface area (Å²) in [5.74, 6) is -2.68. The van der Waals surface area contributed by atoms with Gasteiger partial charge in [0.15, 0.2) is 11.8 Å². The van der Waals surface area contributed by atoms with Crippen molar-refractivity contribution in [1.29, 1.82) is 0 Å². The molecule has 0 saturated carbocycles. The van der Waals surface area contributed by atoms with Gasteiger partial charge in [-0.25, -0.2) is 13.6 Å². The third-order valence-electron chi connectivity index (χ3n) is 1.64. The summed E-state index contributed by atoms with van der Waals surface area (Å²) < 4.78 is 24.2. The quantitative estimate of drug-likeness (QED) is 0.683. The minimum absolute atomic E-state index is 0.531. The predicted octanol–water partition coefficient (Wildman–Crippen LogP) is 2.39. The molecule has 0 amide bonds. The van der Waals surface area contributed by atoms with E-state index in [-0.39, 0.29) is 0 Å². The molecule has 9 heteroatoms. The average Bonchev–Trinajstić information content (AvgIpc) is 2.15. The van der Waals surface area contributed by atoms with Gasteiger partial charge in [-0.3, -0.25) is 0 Å². The molecule has 0 radical (unpaired) electrons. The first-order valence-corrected chi connectivity index (χ1v) is 4.49. The van der Waals surface area contributed by atoms with Crippen molar-refractivity contribution in [2.75, 3.05) is 0 Å². The van der Waals surface area contributed by atoms with Crippen LogP contribution in [0.25, 0.3) is 0 Å². The summed E-state index contributed by atoms with van der Waals surface area (Å²) in [7, 11) is 0. The fraction of sp³-hybridized carbons (Fsp3) is 0.143. The van der Waals surface area contributed by atoms with Gasteiger partial charge in [0, 0.05) is 0 Å². The number of aromatic carboxylic acids is 1. The summed E-state index contributed by atoms with van der Waals surface area (Å²) in [6.07, 6.45) is -2.40. The van der Waals surface area contributed by atoms with Crippen LogP contribution < -0.4 is 0 Å². The Bertz CT molecular complexity index is 466. The maximum atomic E-state index is 12.4. The largest absolute Gasteiger partial charge is 0.477 e. The molecule has 0 aliphatic heterocycles. The SMILES string of the molecule is O=C(O)c1c([N+](=O)[O-])ncc(C(F)F)c1Br. The fourth-order valence-electron chi connectivity index (χ4n) is 0.974. The molecule has 6 nitrogen and oxygen atoms in total. The minimum Gasteiger partial charge on any atom is -0.477 e. The second-order valence-electron chi connectivity index (χ2n) is 2.59. The molecule has 0 atom stereocenters. The molecule has 0 unspecified atom stereocenters. The summed E-state index contributed by atoms with van der Waals surface area (Å²) >= 11 is 2.60. The van der Waals surface area contributed by atoms with Crippen molar-refractivity contribution in [2.45, 2.75) is 6.43 Å². The van der Waals surface area contributed by atoms with Crippen molar-refractivity contribution >= 4 is 27.7 Å². The van der Waals surface area contributed by atoms with Crippen LogP contribution in [-0.4, -0.2) is 21.0 Å². The minimum atomic E-state index is -2.97. The van der Waals surface area contributed by atoms with Crippen molar-refractivity contribution in [3.05, 3.63) is 31.9 Å². The lowest BCUT2D eigenvalue weighted by Crippen LogP contribution is -2.08. The highest BCUT2D eigenvalue weighted by molar-refractivity contribution is 9.10. The number of hydrogen-bond acceptors (Lipinski definition) is 4. The lowest BCUT2D eigenvalue weighted by atomic mass is 10.2. The molecular weight excluding hydrogens is 294 g/mol. The number of carboxylic acids is 1. The van der Waals surface area contributed by atoms with Crippen LogP contribution in [0.4, 0.5) is 14.6 Å². The van der Waals surface area contributed by atoms with Crippen molar-refractivity contribution in [3.8, 4) is 0 Å². The van der Waals surface area contributed by atoms with Crippen molar-refractivity contribution < 1.29 is 23.6 Å². The Labute approximate surface area is 95.2 Å². The van der Waals surface area contributed by atoms with E-state index in [4.69, 9.17) is 5.11 Å². The smallest absolute Gasteiger partial charge is 0.379 e. The summed E-state index contributed by atoms with van der Waals surface area (Å²) in [6.45, 7) is 0. The zero-order valence-corrected chi connectivity index (χ0v) is 8.94. The number of hydrogen-bond donors (Lipinski definition) is 1. The van der Waals surface area contributed by atoms with Gasteiger partial charge in [0.25, 0.3) is 6.43 Å². The monoisotopic (exact) mass is 296 g/mol. The van der Waals surface area contributed by atoms with Crippen LogP contribution in [0.1, 0.15) is 22.3 Å². The molecule has 1 N–H and O–H groups in total. The number of carboxylic acid groups (broad SMARTS) is 1. The molecule has 0 saturated heterocycles.